The molecular formula is C19H19F3N2O4S. The third kappa shape index (κ3) is 4.31. The number of hydrogen-bond donors (Lipinski definition) is 1. The van der Waals surface area contributed by atoms with Gasteiger partial charge >= 0.3 is 6.36 Å². The third-order valence-corrected chi connectivity index (χ3v) is 7.25. The van der Waals surface area contributed by atoms with Crippen molar-refractivity contribution in [3.63, 3.8) is 0 Å². The van der Waals surface area contributed by atoms with Gasteiger partial charge < -0.3 is 10.1 Å². The van der Waals surface area contributed by atoms with Gasteiger partial charge in [0.1, 0.15) is 5.75 Å². The number of benzene rings is 2. The fraction of sp³-hybridized carbons (Fsp3) is 0.316. The summed E-state index contributed by atoms with van der Waals surface area (Å²) >= 11 is 0. The summed E-state index contributed by atoms with van der Waals surface area (Å²) in [5.41, 5.74) is 0.637. The van der Waals surface area contributed by atoms with Crippen LogP contribution in [0.4, 0.5) is 24.5 Å². The Bertz CT molecular complexity index is 979. The van der Waals surface area contributed by atoms with Crippen molar-refractivity contribution in [2.45, 2.75) is 30.9 Å². The summed E-state index contributed by atoms with van der Waals surface area (Å²) in [6, 6.07) is 13.0. The second-order valence-electron chi connectivity index (χ2n) is 6.77. The quantitative estimate of drug-likeness (QED) is 0.801. The van der Waals surface area contributed by atoms with Crippen LogP contribution < -0.4 is 14.4 Å². The minimum Gasteiger partial charge on any atom is -0.406 e. The minimum atomic E-state index is -4.82. The van der Waals surface area contributed by atoms with Gasteiger partial charge in [-0.05, 0) is 56.2 Å². The topological polar surface area (TPSA) is 75.7 Å². The van der Waals surface area contributed by atoms with Crippen molar-refractivity contribution in [2.75, 3.05) is 16.2 Å². The smallest absolute Gasteiger partial charge is 0.406 e. The summed E-state index contributed by atoms with van der Waals surface area (Å²) in [5, 5.41) is 2.49. The van der Waals surface area contributed by atoms with Gasteiger partial charge in [-0.2, -0.15) is 0 Å². The number of alkyl halides is 3. The third-order valence-electron chi connectivity index (χ3n) is 4.74. The van der Waals surface area contributed by atoms with Crippen LogP contribution in [0.2, 0.25) is 0 Å². The molecule has 1 aliphatic rings. The van der Waals surface area contributed by atoms with Gasteiger partial charge in [-0.15, -0.1) is 13.2 Å². The lowest BCUT2D eigenvalue weighted by atomic mass is 10.0. The Kier molecular flexibility index (Phi) is 5.48. The highest BCUT2D eigenvalue weighted by Crippen LogP contribution is 2.36. The molecule has 6 nitrogen and oxygen atoms in total. The summed E-state index contributed by atoms with van der Waals surface area (Å²) in [4.78, 5) is 12.9. The van der Waals surface area contributed by atoms with Gasteiger partial charge in [0.15, 0.2) is 4.75 Å². The van der Waals surface area contributed by atoms with Crippen molar-refractivity contribution in [1.82, 2.24) is 0 Å². The zero-order chi connectivity index (χ0) is 21.3. The predicted molar refractivity (Wildman–Crippen MR) is 102 cm³/mol. The maximum absolute atomic E-state index is 13.2. The van der Waals surface area contributed by atoms with E-state index in [1.165, 1.54) is 23.4 Å². The molecule has 0 aliphatic carbocycles. The Morgan fingerprint density at radius 2 is 1.72 bits per heavy atom. The zero-order valence-corrected chi connectivity index (χ0v) is 16.3. The molecule has 156 valence electrons. The molecule has 0 radical (unpaired) electrons. The molecule has 0 bridgehead atoms. The number of carbonyl (C=O) groups excluding carboxylic acids is 1. The van der Waals surface area contributed by atoms with Crippen LogP contribution in [0.15, 0.2) is 54.6 Å². The first-order chi connectivity index (χ1) is 13.5. The minimum absolute atomic E-state index is 0.125. The number of nitrogens with one attached hydrogen (secondary N) is 1. The molecule has 0 aromatic heterocycles. The molecule has 1 aliphatic heterocycles. The summed E-state index contributed by atoms with van der Waals surface area (Å²) < 4.78 is 66.4. The van der Waals surface area contributed by atoms with E-state index in [1.807, 2.05) is 0 Å². The van der Waals surface area contributed by atoms with Crippen LogP contribution in [-0.2, 0) is 14.8 Å². The van der Waals surface area contributed by atoms with Gasteiger partial charge in [-0.3, -0.25) is 9.10 Å². The Morgan fingerprint density at radius 3 is 2.31 bits per heavy atom. The number of halogens is 3. The number of sulfonamides is 1. The highest BCUT2D eigenvalue weighted by atomic mass is 32.2. The monoisotopic (exact) mass is 428 g/mol. The molecule has 0 saturated carbocycles. The molecule has 1 N–H and O–H groups in total. The summed E-state index contributed by atoms with van der Waals surface area (Å²) in [5.74, 6) is -1.19. The average Bonchev–Trinajstić information content (AvgIpc) is 2.65. The molecule has 2 aromatic carbocycles. The van der Waals surface area contributed by atoms with E-state index in [2.05, 4.69) is 10.1 Å². The maximum Gasteiger partial charge on any atom is 0.573 e. The molecule has 1 fully saturated rings. The van der Waals surface area contributed by atoms with E-state index in [4.69, 9.17) is 0 Å². The zero-order valence-electron chi connectivity index (χ0n) is 15.4. The number of ether oxygens (including phenoxy) is 1. The molecule has 2 aromatic rings. The molecule has 1 heterocycles. The van der Waals surface area contributed by atoms with Crippen molar-refractivity contribution >= 4 is 27.3 Å². The maximum atomic E-state index is 13.2. The van der Waals surface area contributed by atoms with Crippen molar-refractivity contribution in [1.29, 1.82) is 0 Å². The summed E-state index contributed by atoms with van der Waals surface area (Å²) in [6.45, 7) is 1.62. The van der Waals surface area contributed by atoms with Crippen LogP contribution in [0.25, 0.3) is 0 Å². The van der Waals surface area contributed by atoms with Gasteiger partial charge in [0.05, 0.1) is 5.69 Å². The van der Waals surface area contributed by atoms with Crippen molar-refractivity contribution in [3.05, 3.63) is 54.6 Å². The molecule has 1 saturated heterocycles. The second-order valence-corrected chi connectivity index (χ2v) is 9.07. The van der Waals surface area contributed by atoms with Crippen LogP contribution in [0.3, 0.4) is 0 Å². The standard InChI is InChI=1S/C19H19F3N2O4S/c1-18(12-5-13-24(29(18,26)27)15-6-3-2-4-7-15)17(25)23-14-8-10-16(11-9-14)28-19(20,21)22/h2-4,6-11H,5,12-13H2,1H3,(H,23,25)/t18-/m1/s1. The van der Waals surface area contributed by atoms with Crippen LogP contribution in [-0.4, -0.2) is 32.0 Å². The molecule has 1 atom stereocenters. The number of rotatable bonds is 4. The lowest BCUT2D eigenvalue weighted by Gasteiger charge is -2.39. The van der Waals surface area contributed by atoms with Crippen LogP contribution in [0, 0.1) is 0 Å². The van der Waals surface area contributed by atoms with E-state index in [0.29, 0.717) is 12.1 Å². The largest absolute Gasteiger partial charge is 0.573 e. The Morgan fingerprint density at radius 1 is 1.10 bits per heavy atom. The fourth-order valence-electron chi connectivity index (χ4n) is 3.15. The first kappa shape index (κ1) is 21.0. The molecule has 29 heavy (non-hydrogen) atoms. The van der Waals surface area contributed by atoms with E-state index in [9.17, 15) is 26.4 Å². The first-order valence-electron chi connectivity index (χ1n) is 8.77. The van der Waals surface area contributed by atoms with Gasteiger partial charge in [0, 0.05) is 12.2 Å². The number of para-hydroxylation sites is 1. The highest BCUT2D eigenvalue weighted by molar-refractivity contribution is 7.95. The van der Waals surface area contributed by atoms with Crippen molar-refractivity contribution in [2.24, 2.45) is 0 Å². The molecule has 0 spiro atoms. The molecule has 0 unspecified atom stereocenters. The first-order valence-corrected chi connectivity index (χ1v) is 10.2. The van der Waals surface area contributed by atoms with Crippen molar-refractivity contribution in [3.8, 4) is 5.75 Å². The Labute approximate surface area is 166 Å². The second kappa shape index (κ2) is 7.58. The normalized spacial score (nSPS) is 21.4. The van der Waals surface area contributed by atoms with Gasteiger partial charge in [0.25, 0.3) is 0 Å². The molecule has 1 amide bonds. The lowest BCUT2D eigenvalue weighted by molar-refractivity contribution is -0.274. The summed E-state index contributed by atoms with van der Waals surface area (Å²) in [7, 11) is -4.02. The fourth-order valence-corrected chi connectivity index (χ4v) is 5.09. The van der Waals surface area contributed by atoms with Gasteiger partial charge in [-0.25, -0.2) is 8.42 Å². The van der Waals surface area contributed by atoms with Gasteiger partial charge in [0.2, 0.25) is 15.9 Å². The summed E-state index contributed by atoms with van der Waals surface area (Å²) in [6.07, 6.45) is -4.22. The number of anilines is 2. The number of amides is 1. The molecule has 10 heteroatoms. The van der Waals surface area contributed by atoms with E-state index >= 15 is 0 Å². The average molecular weight is 428 g/mol. The van der Waals surface area contributed by atoms with E-state index in [1.54, 1.807) is 30.3 Å². The SMILES string of the molecule is C[C@]1(C(=O)Nc2ccc(OC(F)(F)F)cc2)CCCN(c2ccccc2)S1(=O)=O. The lowest BCUT2D eigenvalue weighted by Crippen LogP contribution is -2.57. The van der Waals surface area contributed by atoms with Crippen LogP contribution in [0.1, 0.15) is 19.8 Å². The van der Waals surface area contributed by atoms with Gasteiger partial charge in [-0.1, -0.05) is 18.2 Å². The van der Waals surface area contributed by atoms with E-state index in [-0.39, 0.29) is 18.7 Å². The number of nitrogens with zero attached hydrogens (tertiary/aromatic N) is 1. The van der Waals surface area contributed by atoms with Crippen LogP contribution >= 0.6 is 0 Å². The molecule has 3 rings (SSSR count). The number of carbonyl (C=O) groups is 1. The van der Waals surface area contributed by atoms with E-state index in [0.717, 1.165) is 12.1 Å². The molecular weight excluding hydrogens is 409 g/mol. The van der Waals surface area contributed by atoms with E-state index < -0.39 is 32.8 Å². The number of hydrogen-bond acceptors (Lipinski definition) is 4. The Hall–Kier alpha value is -2.75. The predicted octanol–water partition coefficient (Wildman–Crippen LogP) is 3.91. The van der Waals surface area contributed by atoms with Crippen molar-refractivity contribution < 1.29 is 31.1 Å². The van der Waals surface area contributed by atoms with Crippen LogP contribution in [0.5, 0.6) is 5.75 Å². The highest BCUT2D eigenvalue weighted by Gasteiger charge is 2.52. The Balaban J connectivity index is 1.80.